The second kappa shape index (κ2) is 19.5. The third-order valence-electron chi connectivity index (χ3n) is 8.67. The average Bonchev–Trinajstić information content (AvgIpc) is 3.10. The van der Waals surface area contributed by atoms with E-state index in [-0.39, 0.29) is 0 Å². The Morgan fingerprint density at radius 3 is 1.71 bits per heavy atom. The number of hydrogen-bond acceptors (Lipinski definition) is 21. The van der Waals surface area contributed by atoms with E-state index in [2.05, 4.69) is 10.6 Å². The van der Waals surface area contributed by atoms with Crippen molar-refractivity contribution in [2.24, 2.45) is 0 Å². The number of carbonyl (C=O) groups is 2. The Kier molecular flexibility index (Phi) is 16.7. The van der Waals surface area contributed by atoms with Gasteiger partial charge in [0.2, 0.25) is 11.8 Å². The van der Waals surface area contributed by atoms with Crippen molar-refractivity contribution in [2.45, 2.75) is 130 Å². The van der Waals surface area contributed by atoms with Gasteiger partial charge in [0.1, 0.15) is 91.5 Å². The maximum Gasteiger partial charge on any atom is 0.217 e. The van der Waals surface area contributed by atoms with Crippen LogP contribution in [0.2, 0.25) is 0 Å². The lowest BCUT2D eigenvalue weighted by molar-refractivity contribution is -0.371. The molecule has 23 nitrogen and oxygen atoms in total. The fraction of sp³-hybridized carbons (Fsp3) is 0.929. The van der Waals surface area contributed by atoms with Crippen LogP contribution < -0.4 is 10.6 Å². The third kappa shape index (κ3) is 10.2. The SMILES string of the molecule is CC(=O)NC(CO)C(OC1OC(CO)C(O)C(OC2OC(CO)C(OC3OC(CO)C(O)C(O)C3O)C(O)C2NC(C)=O)C1O)C(O)C(O)CO. The first-order valence-corrected chi connectivity index (χ1v) is 16.0. The molecule has 298 valence electrons. The minimum absolute atomic E-state index is 0.715. The van der Waals surface area contributed by atoms with Crippen LogP contribution in [0, 0.1) is 0 Å². The number of nitrogens with one attached hydrogen (secondary N) is 2. The van der Waals surface area contributed by atoms with E-state index in [1.807, 2.05) is 0 Å². The molecule has 19 unspecified atom stereocenters. The van der Waals surface area contributed by atoms with Gasteiger partial charge in [-0.05, 0) is 0 Å². The molecular weight excluding hydrogens is 700 g/mol. The molecule has 3 aliphatic heterocycles. The molecule has 2 amide bonds. The molecule has 3 rings (SSSR count). The largest absolute Gasteiger partial charge is 0.394 e. The molecule has 0 spiro atoms. The Bertz CT molecular complexity index is 1090. The molecule has 0 radical (unpaired) electrons. The summed E-state index contributed by atoms with van der Waals surface area (Å²) in [5.74, 6) is -1.49. The molecular formula is C28H50N2O21. The van der Waals surface area contributed by atoms with Crippen molar-refractivity contribution in [1.29, 1.82) is 0 Å². The summed E-state index contributed by atoms with van der Waals surface area (Å²) in [4.78, 5) is 24.0. The minimum atomic E-state index is -2.10. The highest BCUT2D eigenvalue weighted by molar-refractivity contribution is 5.73. The Labute approximate surface area is 290 Å². The van der Waals surface area contributed by atoms with Crippen LogP contribution in [-0.2, 0) is 38.0 Å². The van der Waals surface area contributed by atoms with Gasteiger partial charge in [0.05, 0.1) is 39.1 Å². The summed E-state index contributed by atoms with van der Waals surface area (Å²) in [5.41, 5.74) is 0. The Morgan fingerprint density at radius 1 is 0.627 bits per heavy atom. The van der Waals surface area contributed by atoms with Gasteiger partial charge >= 0.3 is 0 Å². The smallest absolute Gasteiger partial charge is 0.217 e. The molecule has 0 saturated carbocycles. The van der Waals surface area contributed by atoms with Crippen LogP contribution in [0.5, 0.6) is 0 Å². The van der Waals surface area contributed by atoms with Crippen molar-refractivity contribution < 1.29 is 104 Å². The van der Waals surface area contributed by atoms with E-state index in [1.165, 1.54) is 0 Å². The number of hydrogen-bond donors (Lipinski definition) is 15. The van der Waals surface area contributed by atoms with E-state index in [0.29, 0.717) is 0 Å². The lowest BCUT2D eigenvalue weighted by Crippen LogP contribution is -2.69. The van der Waals surface area contributed by atoms with Gasteiger partial charge in [-0.3, -0.25) is 9.59 Å². The van der Waals surface area contributed by atoms with Crippen LogP contribution >= 0.6 is 0 Å². The van der Waals surface area contributed by atoms with Crippen molar-refractivity contribution in [3.05, 3.63) is 0 Å². The van der Waals surface area contributed by atoms with E-state index >= 15 is 0 Å². The van der Waals surface area contributed by atoms with Gasteiger partial charge in [0.15, 0.2) is 18.9 Å². The summed E-state index contributed by atoms with van der Waals surface area (Å²) in [6.45, 7) is -2.48. The van der Waals surface area contributed by atoms with Crippen molar-refractivity contribution in [3.63, 3.8) is 0 Å². The summed E-state index contributed by atoms with van der Waals surface area (Å²) < 4.78 is 33.7. The van der Waals surface area contributed by atoms with Crippen LogP contribution in [-0.4, -0.2) is 228 Å². The number of aliphatic hydroxyl groups is 13. The van der Waals surface area contributed by atoms with Gasteiger partial charge in [-0.15, -0.1) is 0 Å². The highest BCUT2D eigenvalue weighted by Crippen LogP contribution is 2.33. The fourth-order valence-electron chi connectivity index (χ4n) is 5.94. The molecule has 3 fully saturated rings. The first kappa shape index (κ1) is 43.6. The van der Waals surface area contributed by atoms with E-state index in [0.717, 1.165) is 13.8 Å². The second-order valence-electron chi connectivity index (χ2n) is 12.4. The summed E-state index contributed by atoms with van der Waals surface area (Å²) in [6.07, 6.45) is -31.0. The van der Waals surface area contributed by atoms with Crippen molar-refractivity contribution >= 4 is 11.8 Å². The van der Waals surface area contributed by atoms with E-state index in [4.69, 9.17) is 28.4 Å². The van der Waals surface area contributed by atoms with Crippen LogP contribution in [0.15, 0.2) is 0 Å². The van der Waals surface area contributed by atoms with Gasteiger partial charge < -0.3 is 105 Å². The Balaban J connectivity index is 1.91. The van der Waals surface area contributed by atoms with Gasteiger partial charge in [0.25, 0.3) is 0 Å². The molecule has 0 aromatic rings. The first-order chi connectivity index (χ1) is 24.0. The summed E-state index contributed by atoms with van der Waals surface area (Å²) in [5, 5.41) is 139. The quantitative estimate of drug-likeness (QED) is 0.0696. The number of amides is 2. The topological polar surface area (TPSA) is 377 Å². The molecule has 19 atom stereocenters. The van der Waals surface area contributed by atoms with Crippen LogP contribution in [0.4, 0.5) is 0 Å². The summed E-state index contributed by atoms with van der Waals surface area (Å²) >= 11 is 0. The highest BCUT2D eigenvalue weighted by atomic mass is 16.8. The predicted molar refractivity (Wildman–Crippen MR) is 159 cm³/mol. The van der Waals surface area contributed by atoms with E-state index in [9.17, 15) is 76.0 Å². The van der Waals surface area contributed by atoms with Gasteiger partial charge in [0, 0.05) is 13.8 Å². The average molecular weight is 751 g/mol. The first-order valence-electron chi connectivity index (χ1n) is 16.0. The molecule has 3 aliphatic rings. The lowest BCUT2D eigenvalue weighted by atomic mass is 9.94. The van der Waals surface area contributed by atoms with Crippen LogP contribution in [0.3, 0.4) is 0 Å². The molecule has 51 heavy (non-hydrogen) atoms. The highest BCUT2D eigenvalue weighted by Gasteiger charge is 2.55. The number of ether oxygens (including phenoxy) is 6. The second-order valence-corrected chi connectivity index (χ2v) is 12.4. The molecule has 0 aromatic heterocycles. The molecule has 0 bridgehead atoms. The molecule has 15 N–H and O–H groups in total. The van der Waals surface area contributed by atoms with Crippen LogP contribution in [0.25, 0.3) is 0 Å². The zero-order valence-electron chi connectivity index (χ0n) is 27.6. The standard InChI is InChI=1S/C28H50N2O21/c1-8(36)29-10(3-31)23(16(39)11(38)4-32)49-28-22(45)25(18(41)13(6-34)47-28)51-26-15(30-9(2)37)19(42)24(14(7-35)48-26)50-27-21(44)20(43)17(40)12(5-33)46-27/h10-28,31-35,38-45H,3-7H2,1-2H3,(H,29,36)(H,30,37). The Hall–Kier alpha value is -1.82. The van der Waals surface area contributed by atoms with Gasteiger partial charge in [-0.25, -0.2) is 0 Å². The zero-order chi connectivity index (χ0) is 38.3. The molecule has 0 aliphatic carbocycles. The summed E-state index contributed by atoms with van der Waals surface area (Å²) in [6, 6.07) is -3.12. The monoisotopic (exact) mass is 750 g/mol. The van der Waals surface area contributed by atoms with Crippen molar-refractivity contribution in [1.82, 2.24) is 10.6 Å². The molecule has 3 saturated heterocycles. The molecule has 0 aromatic carbocycles. The van der Waals surface area contributed by atoms with Gasteiger partial charge in [-0.2, -0.15) is 0 Å². The van der Waals surface area contributed by atoms with E-state index in [1.54, 1.807) is 0 Å². The third-order valence-corrected chi connectivity index (χ3v) is 8.67. The Morgan fingerprint density at radius 2 is 1.18 bits per heavy atom. The maximum atomic E-state index is 12.2. The lowest BCUT2D eigenvalue weighted by Gasteiger charge is -2.49. The number of aliphatic hydroxyl groups excluding tert-OH is 13. The minimum Gasteiger partial charge on any atom is -0.394 e. The predicted octanol–water partition coefficient (Wildman–Crippen LogP) is -9.83. The maximum absolute atomic E-state index is 12.2. The fourth-order valence-corrected chi connectivity index (χ4v) is 5.94. The van der Waals surface area contributed by atoms with Crippen molar-refractivity contribution in [3.8, 4) is 0 Å². The number of rotatable bonds is 16. The summed E-state index contributed by atoms with van der Waals surface area (Å²) in [7, 11) is 0. The van der Waals surface area contributed by atoms with E-state index < -0.39 is 161 Å². The van der Waals surface area contributed by atoms with Crippen molar-refractivity contribution in [2.75, 3.05) is 33.0 Å². The molecule has 3 heterocycles. The molecule has 23 heteroatoms. The normalized spacial score (nSPS) is 41.3. The number of carbonyl (C=O) groups excluding carboxylic acids is 2. The van der Waals surface area contributed by atoms with Crippen LogP contribution in [0.1, 0.15) is 13.8 Å². The zero-order valence-corrected chi connectivity index (χ0v) is 27.6. The van der Waals surface area contributed by atoms with Gasteiger partial charge in [-0.1, -0.05) is 0 Å².